The fourth-order valence-electron chi connectivity index (χ4n) is 2.47. The van der Waals surface area contributed by atoms with E-state index in [1.807, 2.05) is 42.5 Å². The first-order chi connectivity index (χ1) is 13.0. The molecule has 5 nitrogen and oxygen atoms in total. The van der Waals surface area contributed by atoms with Crippen molar-refractivity contribution in [1.82, 2.24) is 10.3 Å². The molecule has 0 aliphatic rings. The van der Waals surface area contributed by atoms with Gasteiger partial charge in [0.1, 0.15) is 11.5 Å². The largest absolute Gasteiger partial charge is 0.441 e. The Labute approximate surface area is 165 Å². The van der Waals surface area contributed by atoms with Crippen LogP contribution >= 0.6 is 11.6 Å². The van der Waals surface area contributed by atoms with Crippen molar-refractivity contribution >= 4 is 28.3 Å². The minimum Gasteiger partial charge on any atom is -0.441 e. The lowest BCUT2D eigenvalue weighted by atomic mass is 10.2. The average molecular weight is 403 g/mol. The van der Waals surface area contributed by atoms with Gasteiger partial charge in [-0.15, -0.1) is 0 Å². The maximum absolute atomic E-state index is 12.3. The number of benzene rings is 2. The lowest BCUT2D eigenvalue weighted by Gasteiger charge is -2.05. The second kappa shape index (κ2) is 8.97. The summed E-state index contributed by atoms with van der Waals surface area (Å²) in [5.74, 6) is 0.931. The molecule has 1 N–H and O–H groups in total. The zero-order valence-electron chi connectivity index (χ0n) is 14.8. The monoisotopic (exact) mass is 402 g/mol. The Hall–Kier alpha value is -2.44. The molecule has 140 valence electrons. The third-order valence-electron chi connectivity index (χ3n) is 3.91. The lowest BCUT2D eigenvalue weighted by Crippen LogP contribution is -2.28. The molecule has 3 rings (SSSR count). The molecule has 1 aromatic heterocycles. The van der Waals surface area contributed by atoms with Crippen LogP contribution in [0.25, 0.3) is 11.5 Å². The van der Waals surface area contributed by atoms with Gasteiger partial charge in [-0.05, 0) is 36.8 Å². The van der Waals surface area contributed by atoms with Crippen LogP contribution in [0.2, 0.25) is 5.02 Å². The summed E-state index contributed by atoms with van der Waals surface area (Å²) in [5.41, 5.74) is 2.40. The molecule has 27 heavy (non-hydrogen) atoms. The number of carbonyl (C=O) groups is 1. The first-order valence-corrected chi connectivity index (χ1v) is 10.3. The van der Waals surface area contributed by atoms with E-state index in [2.05, 4.69) is 10.3 Å². The Morgan fingerprint density at radius 1 is 1.15 bits per heavy atom. The Bertz CT molecular complexity index is 940. The number of hydrogen-bond acceptors (Lipinski definition) is 4. The molecule has 1 amide bonds. The molecule has 2 aromatic carbocycles. The van der Waals surface area contributed by atoms with Crippen LogP contribution < -0.4 is 5.32 Å². The topological polar surface area (TPSA) is 72.2 Å². The first-order valence-electron chi connectivity index (χ1n) is 8.39. The zero-order valence-corrected chi connectivity index (χ0v) is 16.3. The normalized spacial score (nSPS) is 11.9. The van der Waals surface area contributed by atoms with Gasteiger partial charge in [-0.3, -0.25) is 9.00 Å². The SMILES string of the molecule is Cc1oc(-c2ccccc2)nc1C[S@@](=O)CC(=O)NCc1ccc(Cl)cc1. The van der Waals surface area contributed by atoms with Crippen molar-refractivity contribution in [2.45, 2.75) is 19.2 Å². The Morgan fingerprint density at radius 3 is 2.56 bits per heavy atom. The van der Waals surface area contributed by atoms with Gasteiger partial charge in [0.2, 0.25) is 11.8 Å². The van der Waals surface area contributed by atoms with Gasteiger partial charge in [-0.1, -0.05) is 41.9 Å². The molecule has 0 saturated carbocycles. The molecule has 7 heteroatoms. The number of nitrogens with zero attached hydrogens (tertiary/aromatic N) is 1. The van der Waals surface area contributed by atoms with Crippen LogP contribution in [0.5, 0.6) is 0 Å². The molecule has 0 aliphatic heterocycles. The number of rotatable bonds is 7. The molecule has 0 bridgehead atoms. The molecule has 0 radical (unpaired) electrons. The van der Waals surface area contributed by atoms with E-state index in [9.17, 15) is 9.00 Å². The second-order valence-electron chi connectivity index (χ2n) is 6.02. The van der Waals surface area contributed by atoms with Crippen LogP contribution in [0.3, 0.4) is 0 Å². The predicted molar refractivity (Wildman–Crippen MR) is 107 cm³/mol. The maximum atomic E-state index is 12.3. The molecular formula is C20H19ClN2O3S. The van der Waals surface area contributed by atoms with Crippen LogP contribution in [0.15, 0.2) is 59.0 Å². The van der Waals surface area contributed by atoms with Gasteiger partial charge in [-0.2, -0.15) is 0 Å². The number of nitrogens with one attached hydrogen (secondary N) is 1. The minimum atomic E-state index is -1.37. The highest BCUT2D eigenvalue weighted by atomic mass is 35.5. The number of aromatic nitrogens is 1. The molecule has 1 atom stereocenters. The molecule has 0 unspecified atom stereocenters. The van der Waals surface area contributed by atoms with Gasteiger partial charge in [0.15, 0.2) is 0 Å². The van der Waals surface area contributed by atoms with E-state index in [1.54, 1.807) is 19.1 Å². The minimum absolute atomic E-state index is 0.0828. The summed E-state index contributed by atoms with van der Waals surface area (Å²) in [4.78, 5) is 16.4. The van der Waals surface area contributed by atoms with Crippen molar-refractivity contribution in [2.24, 2.45) is 0 Å². The standard InChI is InChI=1S/C20H19ClN2O3S/c1-14-18(23-20(26-14)16-5-3-2-4-6-16)12-27(25)13-19(24)22-11-15-7-9-17(21)10-8-15/h2-10H,11-13H2,1H3,(H,22,24)/t27-/m1/s1. The summed E-state index contributed by atoms with van der Waals surface area (Å²) in [6.07, 6.45) is 0. The first kappa shape index (κ1) is 19.3. The predicted octanol–water partition coefficient (Wildman–Crippen LogP) is 3.87. The summed E-state index contributed by atoms with van der Waals surface area (Å²) in [5, 5.41) is 3.40. The summed E-state index contributed by atoms with van der Waals surface area (Å²) < 4.78 is 18.0. The quantitative estimate of drug-likeness (QED) is 0.651. The second-order valence-corrected chi connectivity index (χ2v) is 7.91. The molecule has 0 spiro atoms. The molecular weight excluding hydrogens is 384 g/mol. The highest BCUT2D eigenvalue weighted by Crippen LogP contribution is 2.22. The highest BCUT2D eigenvalue weighted by Gasteiger charge is 2.16. The molecule has 0 aliphatic carbocycles. The number of amides is 1. The van der Waals surface area contributed by atoms with E-state index in [0.717, 1.165) is 11.1 Å². The van der Waals surface area contributed by atoms with Gasteiger partial charge in [-0.25, -0.2) is 4.98 Å². The van der Waals surface area contributed by atoms with Crippen molar-refractivity contribution in [3.63, 3.8) is 0 Å². The number of halogens is 1. The van der Waals surface area contributed by atoms with Crippen molar-refractivity contribution < 1.29 is 13.4 Å². The van der Waals surface area contributed by atoms with E-state index in [-0.39, 0.29) is 17.4 Å². The van der Waals surface area contributed by atoms with Crippen molar-refractivity contribution in [3.05, 3.63) is 76.6 Å². The van der Waals surface area contributed by atoms with Gasteiger partial charge in [0.05, 0.1) is 11.4 Å². The number of aryl methyl sites for hydroxylation is 1. The van der Waals surface area contributed by atoms with Crippen LogP contribution in [-0.2, 0) is 27.9 Å². The van der Waals surface area contributed by atoms with Crippen LogP contribution in [0.4, 0.5) is 0 Å². The fourth-order valence-corrected chi connectivity index (χ4v) is 3.67. The molecule has 1 heterocycles. The Kier molecular flexibility index (Phi) is 6.42. The average Bonchev–Trinajstić information content (AvgIpc) is 3.02. The van der Waals surface area contributed by atoms with E-state index in [0.29, 0.717) is 28.9 Å². The summed E-state index contributed by atoms with van der Waals surface area (Å²) >= 11 is 5.83. The number of oxazole rings is 1. The molecule has 0 fully saturated rings. The van der Waals surface area contributed by atoms with Crippen LogP contribution in [0, 0.1) is 6.92 Å². The summed E-state index contributed by atoms with van der Waals surface area (Å²) in [7, 11) is -1.37. The molecule has 3 aromatic rings. The van der Waals surface area contributed by atoms with Crippen molar-refractivity contribution in [1.29, 1.82) is 0 Å². The smallest absolute Gasteiger partial charge is 0.232 e. The third kappa shape index (κ3) is 5.52. The van der Waals surface area contributed by atoms with Gasteiger partial charge < -0.3 is 9.73 Å². The summed E-state index contributed by atoms with van der Waals surface area (Å²) in [6, 6.07) is 16.7. The van der Waals surface area contributed by atoms with E-state index >= 15 is 0 Å². The van der Waals surface area contributed by atoms with Gasteiger partial charge >= 0.3 is 0 Å². The highest BCUT2D eigenvalue weighted by molar-refractivity contribution is 7.84. The van der Waals surface area contributed by atoms with Crippen LogP contribution in [-0.4, -0.2) is 20.9 Å². The van der Waals surface area contributed by atoms with E-state index in [1.165, 1.54) is 0 Å². The molecule has 0 saturated heterocycles. The number of hydrogen-bond donors (Lipinski definition) is 1. The van der Waals surface area contributed by atoms with Gasteiger partial charge in [0.25, 0.3) is 0 Å². The van der Waals surface area contributed by atoms with Crippen LogP contribution in [0.1, 0.15) is 17.0 Å². The van der Waals surface area contributed by atoms with E-state index in [4.69, 9.17) is 16.0 Å². The number of carbonyl (C=O) groups excluding carboxylic acids is 1. The maximum Gasteiger partial charge on any atom is 0.232 e. The zero-order chi connectivity index (χ0) is 19.2. The summed E-state index contributed by atoms with van der Waals surface area (Å²) in [6.45, 7) is 2.15. The fraction of sp³-hybridized carbons (Fsp3) is 0.200. The van der Waals surface area contributed by atoms with E-state index < -0.39 is 10.8 Å². The van der Waals surface area contributed by atoms with Crippen molar-refractivity contribution in [2.75, 3.05) is 5.75 Å². The van der Waals surface area contributed by atoms with Crippen molar-refractivity contribution in [3.8, 4) is 11.5 Å². The lowest BCUT2D eigenvalue weighted by molar-refractivity contribution is -0.118. The van der Waals surface area contributed by atoms with Gasteiger partial charge in [0, 0.05) is 27.9 Å². The third-order valence-corrected chi connectivity index (χ3v) is 5.34. The Balaban J connectivity index is 1.53. The Morgan fingerprint density at radius 2 is 1.85 bits per heavy atom.